The molecule has 0 spiro atoms. The van der Waals surface area contributed by atoms with Gasteiger partial charge in [-0.15, -0.1) is 0 Å². The van der Waals surface area contributed by atoms with Gasteiger partial charge in [-0.3, -0.25) is 0 Å². The quantitative estimate of drug-likeness (QED) is 0.151. The molecule has 1 heteroatoms. The largest absolute Gasteiger partial charge is 0.317 e. The van der Waals surface area contributed by atoms with E-state index in [2.05, 4.69) is 208 Å². The molecule has 0 saturated heterocycles. The first-order chi connectivity index (χ1) is 22.5. The molecule has 0 unspecified atom stereocenters. The second kappa shape index (κ2) is 14.4. The highest BCUT2D eigenvalue weighted by Crippen LogP contribution is 2.32. The Hall–Kier alpha value is -5.66. The minimum atomic E-state index is 1.10. The molecule has 0 amide bonds. The summed E-state index contributed by atoms with van der Waals surface area (Å²) in [5.74, 6) is 0. The van der Waals surface area contributed by atoms with E-state index < -0.39 is 0 Å². The van der Waals surface area contributed by atoms with Crippen molar-refractivity contribution >= 4 is 28.6 Å². The lowest BCUT2D eigenvalue weighted by atomic mass is 9.96. The van der Waals surface area contributed by atoms with Crippen LogP contribution in [0.4, 0.5) is 11.4 Å². The first-order valence-electron chi connectivity index (χ1n) is 15.8. The number of hydrogen-bond donors (Lipinski definition) is 0. The number of rotatable bonds is 9. The number of benzene rings is 6. The van der Waals surface area contributed by atoms with Gasteiger partial charge in [0.15, 0.2) is 0 Å². The van der Waals surface area contributed by atoms with E-state index >= 15 is 0 Å². The van der Waals surface area contributed by atoms with Gasteiger partial charge in [0.05, 0.1) is 0 Å². The van der Waals surface area contributed by atoms with E-state index in [0.29, 0.717) is 0 Å². The maximum Gasteiger partial charge on any atom is 0.0456 e. The predicted octanol–water partition coefficient (Wildman–Crippen LogP) is 12.0. The second-order valence-corrected chi connectivity index (χ2v) is 11.7. The number of anilines is 2. The Labute approximate surface area is 274 Å². The summed E-state index contributed by atoms with van der Waals surface area (Å²) in [7, 11) is 0. The van der Waals surface area contributed by atoms with Crippen molar-refractivity contribution in [3.05, 3.63) is 221 Å². The van der Waals surface area contributed by atoms with Crippen LogP contribution in [-0.2, 0) is 0 Å². The number of hydrogen-bond acceptors (Lipinski definition) is 1. The Morgan fingerprint density at radius 1 is 0.413 bits per heavy atom. The van der Waals surface area contributed by atoms with Crippen LogP contribution >= 0.6 is 0 Å². The Bertz CT molecular complexity index is 1850. The molecule has 0 aliphatic carbocycles. The monoisotopic (exact) mass is 593 g/mol. The SMILES string of the molecule is Cc1ccc(C(=C/C=C/c2ccc(N(C=C(c3ccccc3)c3ccccc3)c3ccc(C)cc3)cc2)c2ccc(C)cc2)cc1. The van der Waals surface area contributed by atoms with Crippen LogP contribution in [0.5, 0.6) is 0 Å². The molecule has 6 aromatic carbocycles. The van der Waals surface area contributed by atoms with E-state index in [1.54, 1.807) is 0 Å². The minimum Gasteiger partial charge on any atom is -0.317 e. The summed E-state index contributed by atoms with van der Waals surface area (Å²) in [6.45, 7) is 6.38. The fourth-order valence-electron chi connectivity index (χ4n) is 5.51. The maximum absolute atomic E-state index is 2.29. The zero-order chi connectivity index (χ0) is 31.7. The standard InChI is InChI=1S/C45H39N/c1-34-17-25-40(26-18-34)44(41-27-19-35(2)20-28-41)16-10-11-37-23-31-43(32-24-37)46(42-29-21-36(3)22-30-42)33-45(38-12-6-4-7-13-38)39-14-8-5-9-15-39/h4-33H,1-3H3/b11-10+. The second-order valence-electron chi connectivity index (χ2n) is 11.7. The first kappa shape index (κ1) is 30.4. The highest BCUT2D eigenvalue weighted by Gasteiger charge is 2.12. The number of nitrogens with zero attached hydrogens (tertiary/aromatic N) is 1. The minimum absolute atomic E-state index is 1.10. The third-order valence-electron chi connectivity index (χ3n) is 8.19. The van der Waals surface area contributed by atoms with Gasteiger partial charge in [-0.05, 0) is 78.4 Å². The van der Waals surface area contributed by atoms with Crippen LogP contribution in [0.1, 0.15) is 44.5 Å². The lowest BCUT2D eigenvalue weighted by Gasteiger charge is -2.24. The molecule has 0 N–H and O–H groups in total. The van der Waals surface area contributed by atoms with Crippen molar-refractivity contribution in [2.24, 2.45) is 0 Å². The van der Waals surface area contributed by atoms with Gasteiger partial charge in [-0.25, -0.2) is 0 Å². The zero-order valence-corrected chi connectivity index (χ0v) is 26.8. The molecule has 0 heterocycles. The summed E-state index contributed by atoms with van der Waals surface area (Å²) in [5, 5.41) is 0. The summed E-state index contributed by atoms with van der Waals surface area (Å²) < 4.78 is 0. The summed E-state index contributed by atoms with van der Waals surface area (Å²) in [5.41, 5.74) is 14.3. The zero-order valence-electron chi connectivity index (χ0n) is 26.8. The molecule has 0 bridgehead atoms. The van der Waals surface area contributed by atoms with E-state index in [9.17, 15) is 0 Å². The highest BCUT2D eigenvalue weighted by molar-refractivity contribution is 5.84. The summed E-state index contributed by atoms with van der Waals surface area (Å²) in [6.07, 6.45) is 8.82. The van der Waals surface area contributed by atoms with Crippen molar-refractivity contribution in [3.63, 3.8) is 0 Å². The molecule has 224 valence electrons. The van der Waals surface area contributed by atoms with Gasteiger partial charge in [-0.2, -0.15) is 0 Å². The molecule has 46 heavy (non-hydrogen) atoms. The van der Waals surface area contributed by atoms with Crippen molar-refractivity contribution in [2.45, 2.75) is 20.8 Å². The number of aryl methyl sites for hydroxylation is 3. The smallest absolute Gasteiger partial charge is 0.0456 e. The Morgan fingerprint density at radius 3 is 1.26 bits per heavy atom. The molecular weight excluding hydrogens is 555 g/mol. The summed E-state index contributed by atoms with van der Waals surface area (Å²) in [4.78, 5) is 2.29. The fourth-order valence-corrected chi connectivity index (χ4v) is 5.51. The van der Waals surface area contributed by atoms with Gasteiger partial charge in [0.1, 0.15) is 0 Å². The van der Waals surface area contributed by atoms with Gasteiger partial charge in [0, 0.05) is 23.1 Å². The molecule has 0 fully saturated rings. The molecule has 0 atom stereocenters. The van der Waals surface area contributed by atoms with E-state index in [-0.39, 0.29) is 0 Å². The normalized spacial score (nSPS) is 10.8. The fraction of sp³-hybridized carbons (Fsp3) is 0.0667. The van der Waals surface area contributed by atoms with Crippen LogP contribution in [-0.4, -0.2) is 0 Å². The third-order valence-corrected chi connectivity index (χ3v) is 8.19. The van der Waals surface area contributed by atoms with Crippen molar-refractivity contribution in [2.75, 3.05) is 4.90 Å². The summed E-state index contributed by atoms with van der Waals surface area (Å²) >= 11 is 0. The van der Waals surface area contributed by atoms with Crippen LogP contribution in [0.2, 0.25) is 0 Å². The Kier molecular flexibility index (Phi) is 9.52. The van der Waals surface area contributed by atoms with E-state index in [1.165, 1.54) is 44.5 Å². The van der Waals surface area contributed by atoms with Gasteiger partial charge < -0.3 is 4.90 Å². The highest BCUT2D eigenvalue weighted by atomic mass is 15.1. The molecule has 0 radical (unpaired) electrons. The van der Waals surface area contributed by atoms with Crippen molar-refractivity contribution < 1.29 is 0 Å². The van der Waals surface area contributed by atoms with Gasteiger partial charge in [0.2, 0.25) is 0 Å². The van der Waals surface area contributed by atoms with Crippen LogP contribution in [0, 0.1) is 20.8 Å². The van der Waals surface area contributed by atoms with Gasteiger partial charge in [0.25, 0.3) is 0 Å². The van der Waals surface area contributed by atoms with Crippen LogP contribution in [0.3, 0.4) is 0 Å². The topological polar surface area (TPSA) is 3.24 Å². The van der Waals surface area contributed by atoms with Gasteiger partial charge >= 0.3 is 0 Å². The van der Waals surface area contributed by atoms with E-state index in [4.69, 9.17) is 0 Å². The molecule has 0 saturated carbocycles. The van der Waals surface area contributed by atoms with Crippen molar-refractivity contribution in [1.29, 1.82) is 0 Å². The molecule has 6 aromatic rings. The number of allylic oxidation sites excluding steroid dienone is 2. The lowest BCUT2D eigenvalue weighted by molar-refractivity contribution is 1.27. The molecular formula is C45H39N. The lowest BCUT2D eigenvalue weighted by Crippen LogP contribution is -2.10. The first-order valence-corrected chi connectivity index (χ1v) is 15.8. The molecule has 0 aromatic heterocycles. The van der Waals surface area contributed by atoms with E-state index in [1.807, 2.05) is 0 Å². The Balaban J connectivity index is 1.35. The van der Waals surface area contributed by atoms with Crippen molar-refractivity contribution in [3.8, 4) is 0 Å². The Morgan fingerprint density at radius 2 is 0.804 bits per heavy atom. The average Bonchev–Trinajstić information content (AvgIpc) is 3.10. The summed E-state index contributed by atoms with van der Waals surface area (Å²) in [6, 6.07) is 56.3. The molecule has 1 nitrogen and oxygen atoms in total. The molecule has 0 aliphatic heterocycles. The third kappa shape index (κ3) is 7.52. The average molecular weight is 594 g/mol. The molecule has 6 rings (SSSR count). The predicted molar refractivity (Wildman–Crippen MR) is 198 cm³/mol. The maximum atomic E-state index is 2.29. The van der Waals surface area contributed by atoms with Crippen molar-refractivity contribution in [1.82, 2.24) is 0 Å². The van der Waals surface area contributed by atoms with Crippen LogP contribution in [0.25, 0.3) is 17.2 Å². The molecule has 0 aliphatic rings. The van der Waals surface area contributed by atoms with Crippen LogP contribution in [0.15, 0.2) is 176 Å². The van der Waals surface area contributed by atoms with E-state index in [0.717, 1.165) is 22.5 Å². The van der Waals surface area contributed by atoms with Gasteiger partial charge in [-0.1, -0.05) is 168 Å². The van der Waals surface area contributed by atoms with Crippen LogP contribution < -0.4 is 4.90 Å².